The van der Waals surface area contributed by atoms with Crippen molar-refractivity contribution in [3.63, 3.8) is 0 Å². The van der Waals surface area contributed by atoms with Crippen LogP contribution in [-0.2, 0) is 0 Å². The molecule has 5 nitrogen and oxygen atoms in total. The van der Waals surface area contributed by atoms with Gasteiger partial charge in [0.05, 0.1) is 22.4 Å². The standard InChI is InChI=1S/C19H24Cl2N4O/c1-10-17(23-11(2)22-10)12-8-14(20)16(21)18-19(12,3)13-9-25(6-7-26)5-4-15(13)24-18/h8,12,24,26H,4-7,9H2,1-3H3,(H,22,23). The van der Waals surface area contributed by atoms with Gasteiger partial charge in [0.1, 0.15) is 5.82 Å². The summed E-state index contributed by atoms with van der Waals surface area (Å²) in [7, 11) is 0. The highest BCUT2D eigenvalue weighted by Crippen LogP contribution is 2.58. The molecule has 1 aromatic heterocycles. The van der Waals surface area contributed by atoms with Gasteiger partial charge in [0.2, 0.25) is 0 Å². The number of H-pyrrole nitrogens is 1. The number of aliphatic hydroxyl groups excluding tert-OH is 1. The molecule has 0 saturated carbocycles. The Bertz CT molecular complexity index is 854. The smallest absolute Gasteiger partial charge is 0.103 e. The van der Waals surface area contributed by atoms with E-state index in [9.17, 15) is 5.11 Å². The molecule has 2 aliphatic heterocycles. The van der Waals surface area contributed by atoms with E-state index in [1.165, 1.54) is 11.3 Å². The first kappa shape index (κ1) is 18.1. The van der Waals surface area contributed by atoms with Gasteiger partial charge in [0, 0.05) is 54.5 Å². The van der Waals surface area contributed by atoms with Gasteiger partial charge in [-0.2, -0.15) is 0 Å². The molecular weight excluding hydrogens is 371 g/mol. The van der Waals surface area contributed by atoms with Crippen molar-refractivity contribution in [1.29, 1.82) is 0 Å². The maximum atomic E-state index is 9.36. The van der Waals surface area contributed by atoms with Crippen molar-refractivity contribution < 1.29 is 5.11 Å². The van der Waals surface area contributed by atoms with Crippen LogP contribution in [0.5, 0.6) is 0 Å². The molecule has 2 atom stereocenters. The summed E-state index contributed by atoms with van der Waals surface area (Å²) in [4.78, 5) is 10.4. The van der Waals surface area contributed by atoms with E-state index in [0.717, 1.165) is 42.4 Å². The van der Waals surface area contributed by atoms with Gasteiger partial charge < -0.3 is 15.4 Å². The van der Waals surface area contributed by atoms with E-state index in [-0.39, 0.29) is 17.9 Å². The molecule has 4 rings (SSSR count). The zero-order valence-corrected chi connectivity index (χ0v) is 16.8. The fourth-order valence-electron chi connectivity index (χ4n) is 4.61. The van der Waals surface area contributed by atoms with E-state index in [4.69, 9.17) is 28.2 Å². The summed E-state index contributed by atoms with van der Waals surface area (Å²) in [5, 5.41) is 14.1. The Hall–Kier alpha value is -1.27. The molecule has 3 heterocycles. The fourth-order valence-corrected chi connectivity index (χ4v) is 5.14. The number of halogens is 2. The first-order valence-corrected chi connectivity index (χ1v) is 9.75. The lowest BCUT2D eigenvalue weighted by Gasteiger charge is -2.40. The average molecular weight is 395 g/mol. The molecule has 1 aliphatic carbocycles. The molecule has 0 fully saturated rings. The summed E-state index contributed by atoms with van der Waals surface area (Å²) >= 11 is 13.1. The van der Waals surface area contributed by atoms with Crippen molar-refractivity contribution in [3.05, 3.63) is 50.3 Å². The molecule has 0 bridgehead atoms. The van der Waals surface area contributed by atoms with E-state index in [2.05, 4.69) is 29.0 Å². The van der Waals surface area contributed by atoms with Crippen molar-refractivity contribution in [2.45, 2.75) is 33.1 Å². The van der Waals surface area contributed by atoms with Gasteiger partial charge in [0.15, 0.2) is 0 Å². The minimum absolute atomic E-state index is 0.00604. The Labute approximate surface area is 163 Å². The van der Waals surface area contributed by atoms with Gasteiger partial charge in [-0.25, -0.2) is 4.98 Å². The van der Waals surface area contributed by atoms with Gasteiger partial charge in [0.25, 0.3) is 0 Å². The van der Waals surface area contributed by atoms with Crippen molar-refractivity contribution in [1.82, 2.24) is 20.2 Å². The third-order valence-electron chi connectivity index (χ3n) is 5.96. The van der Waals surface area contributed by atoms with Crippen molar-refractivity contribution >= 4 is 23.2 Å². The number of nitrogens with one attached hydrogen (secondary N) is 2. The van der Waals surface area contributed by atoms with Crippen molar-refractivity contribution in [2.75, 3.05) is 26.2 Å². The molecule has 26 heavy (non-hydrogen) atoms. The summed E-state index contributed by atoms with van der Waals surface area (Å²) in [6, 6.07) is 0. The summed E-state index contributed by atoms with van der Waals surface area (Å²) in [5.41, 5.74) is 5.31. The number of nitrogens with zero attached hydrogens (tertiary/aromatic N) is 2. The van der Waals surface area contributed by atoms with Crippen LogP contribution >= 0.6 is 23.2 Å². The number of β-amino-alcohol motifs (C(OH)–C–C–N with tert-alkyl or cyclic N) is 1. The van der Waals surface area contributed by atoms with E-state index in [1.54, 1.807) is 0 Å². The van der Waals surface area contributed by atoms with E-state index < -0.39 is 0 Å². The highest BCUT2D eigenvalue weighted by molar-refractivity contribution is 6.44. The fraction of sp³-hybridized carbons (Fsp3) is 0.526. The molecule has 0 saturated heterocycles. The van der Waals surface area contributed by atoms with Crippen LogP contribution in [0.2, 0.25) is 0 Å². The van der Waals surface area contributed by atoms with Crippen molar-refractivity contribution in [2.24, 2.45) is 5.41 Å². The predicted octanol–water partition coefficient (Wildman–Crippen LogP) is 3.26. The molecule has 3 N–H and O–H groups in total. The molecule has 0 spiro atoms. The topological polar surface area (TPSA) is 64.2 Å². The lowest BCUT2D eigenvalue weighted by molar-refractivity contribution is 0.193. The molecule has 0 radical (unpaired) electrons. The quantitative estimate of drug-likeness (QED) is 0.735. The second kappa shape index (κ2) is 6.41. The number of aryl methyl sites for hydroxylation is 2. The largest absolute Gasteiger partial charge is 0.395 e. The zero-order chi connectivity index (χ0) is 18.6. The van der Waals surface area contributed by atoms with Crippen LogP contribution in [0, 0.1) is 19.3 Å². The van der Waals surface area contributed by atoms with Gasteiger partial charge >= 0.3 is 0 Å². The van der Waals surface area contributed by atoms with Crippen LogP contribution in [-0.4, -0.2) is 46.2 Å². The number of aromatic nitrogens is 2. The Morgan fingerprint density at radius 3 is 2.81 bits per heavy atom. The second-order valence-corrected chi connectivity index (χ2v) is 8.33. The average Bonchev–Trinajstić information content (AvgIpc) is 3.09. The predicted molar refractivity (Wildman–Crippen MR) is 104 cm³/mol. The van der Waals surface area contributed by atoms with Crippen LogP contribution < -0.4 is 5.32 Å². The lowest BCUT2D eigenvalue weighted by atomic mass is 9.66. The van der Waals surface area contributed by atoms with Crippen molar-refractivity contribution in [3.8, 4) is 0 Å². The van der Waals surface area contributed by atoms with E-state index in [0.29, 0.717) is 16.6 Å². The summed E-state index contributed by atoms with van der Waals surface area (Å²) < 4.78 is 0. The molecule has 140 valence electrons. The number of imidazole rings is 1. The van der Waals surface area contributed by atoms with Crippen LogP contribution in [0.25, 0.3) is 0 Å². The molecule has 0 aromatic carbocycles. The lowest BCUT2D eigenvalue weighted by Crippen LogP contribution is -2.39. The molecule has 2 unspecified atom stereocenters. The number of fused-ring (bicyclic) bond motifs is 2. The number of hydrogen-bond acceptors (Lipinski definition) is 4. The maximum Gasteiger partial charge on any atom is 0.103 e. The van der Waals surface area contributed by atoms with Crippen LogP contribution in [0.3, 0.4) is 0 Å². The maximum absolute atomic E-state index is 9.36. The summed E-state index contributed by atoms with van der Waals surface area (Å²) in [6.45, 7) is 8.85. The molecule has 3 aliphatic rings. The Morgan fingerprint density at radius 2 is 2.15 bits per heavy atom. The number of allylic oxidation sites excluding steroid dienone is 4. The minimum Gasteiger partial charge on any atom is -0.395 e. The molecule has 1 aromatic rings. The second-order valence-electron chi connectivity index (χ2n) is 7.55. The Morgan fingerprint density at radius 1 is 1.38 bits per heavy atom. The highest BCUT2D eigenvalue weighted by atomic mass is 35.5. The third-order valence-corrected chi connectivity index (χ3v) is 6.77. The Balaban J connectivity index is 1.84. The molecule has 0 amide bonds. The van der Waals surface area contributed by atoms with Crippen LogP contribution in [0.4, 0.5) is 0 Å². The highest BCUT2D eigenvalue weighted by Gasteiger charge is 2.52. The van der Waals surface area contributed by atoms with Gasteiger partial charge in [-0.3, -0.25) is 4.90 Å². The number of hydrogen-bond donors (Lipinski definition) is 3. The first-order chi connectivity index (χ1) is 12.4. The van der Waals surface area contributed by atoms with Gasteiger partial charge in [-0.15, -0.1) is 0 Å². The van der Waals surface area contributed by atoms with E-state index >= 15 is 0 Å². The van der Waals surface area contributed by atoms with Crippen LogP contribution in [0.1, 0.15) is 36.5 Å². The van der Waals surface area contributed by atoms with Crippen LogP contribution in [0.15, 0.2) is 33.1 Å². The molecular formula is C19H24Cl2N4O. The normalized spacial score (nSPS) is 28.8. The monoisotopic (exact) mass is 394 g/mol. The number of aliphatic hydroxyl groups is 1. The minimum atomic E-state index is -0.314. The summed E-state index contributed by atoms with van der Waals surface area (Å²) in [6.07, 6.45) is 2.96. The first-order valence-electron chi connectivity index (χ1n) is 9.00. The van der Waals surface area contributed by atoms with Gasteiger partial charge in [-0.1, -0.05) is 29.3 Å². The Kier molecular flexibility index (Phi) is 4.47. The zero-order valence-electron chi connectivity index (χ0n) is 15.3. The number of aromatic amines is 1. The van der Waals surface area contributed by atoms with Gasteiger partial charge in [-0.05, 0) is 26.3 Å². The summed E-state index contributed by atoms with van der Waals surface area (Å²) in [5.74, 6) is 0.907. The third kappa shape index (κ3) is 2.56. The molecule has 7 heteroatoms. The van der Waals surface area contributed by atoms with E-state index in [1.807, 2.05) is 13.0 Å². The SMILES string of the molecule is Cc1nc(C2C=C(Cl)C(Cl)=C3NC4=C(CN(CCO)CC4)C32C)c(C)[nH]1. The number of rotatable bonds is 3.